The van der Waals surface area contributed by atoms with E-state index in [9.17, 15) is 14.7 Å². The van der Waals surface area contributed by atoms with Crippen molar-refractivity contribution in [2.45, 2.75) is 25.4 Å². The summed E-state index contributed by atoms with van der Waals surface area (Å²) >= 11 is 0. The number of carbonyl (C=O) groups excluding carboxylic acids is 2. The predicted molar refractivity (Wildman–Crippen MR) is 40.4 cm³/mol. The lowest BCUT2D eigenvalue weighted by molar-refractivity contribution is -0.166. The molecule has 0 amide bonds. The molecule has 0 heterocycles. The van der Waals surface area contributed by atoms with Gasteiger partial charge in [-0.05, 0) is 12.3 Å². The van der Waals surface area contributed by atoms with Crippen molar-refractivity contribution in [3.05, 3.63) is 0 Å². The molecule has 0 aromatic carbocycles. The first-order chi connectivity index (χ1) is 5.50. The Balaban J connectivity index is 2.84. The molecule has 68 valence electrons. The second-order valence-corrected chi connectivity index (χ2v) is 3.29. The van der Waals surface area contributed by atoms with E-state index >= 15 is 0 Å². The maximum atomic E-state index is 11.2. The van der Waals surface area contributed by atoms with Gasteiger partial charge in [0, 0.05) is 6.42 Å². The number of carbonyl (C=O) groups is 2. The summed E-state index contributed by atoms with van der Waals surface area (Å²) in [4.78, 5) is 22.2. The number of Topliss-reactive ketones (excluding diaryl/α,β-unsaturated/α-hetero) is 1. The van der Waals surface area contributed by atoms with Gasteiger partial charge < -0.3 is 9.84 Å². The quantitative estimate of drug-likeness (QED) is 0.442. The highest BCUT2D eigenvalue weighted by Gasteiger charge is 2.50. The van der Waals surface area contributed by atoms with Crippen molar-refractivity contribution in [1.29, 1.82) is 0 Å². The summed E-state index contributed by atoms with van der Waals surface area (Å²) in [6.07, 6.45) is 0.435. The Kier molecular flexibility index (Phi) is 2.19. The van der Waals surface area contributed by atoms with Crippen LogP contribution in [0.5, 0.6) is 0 Å². The molecule has 1 aliphatic carbocycles. The third-order valence-electron chi connectivity index (χ3n) is 2.16. The Morgan fingerprint density at radius 2 is 2.33 bits per heavy atom. The normalized spacial score (nSPS) is 35.2. The average Bonchev–Trinajstić information content (AvgIpc) is 2.26. The van der Waals surface area contributed by atoms with E-state index in [-0.39, 0.29) is 18.8 Å². The Morgan fingerprint density at radius 1 is 1.75 bits per heavy atom. The average molecular weight is 172 g/mol. The molecule has 4 nitrogen and oxygen atoms in total. The topological polar surface area (TPSA) is 63.6 Å². The van der Waals surface area contributed by atoms with Crippen LogP contribution in [0.4, 0.5) is 0 Å². The van der Waals surface area contributed by atoms with E-state index in [0.717, 1.165) is 7.11 Å². The van der Waals surface area contributed by atoms with Crippen molar-refractivity contribution in [1.82, 2.24) is 0 Å². The lowest BCUT2D eigenvalue weighted by Gasteiger charge is -2.16. The molecule has 1 saturated carbocycles. The van der Waals surface area contributed by atoms with E-state index in [1.165, 1.54) is 0 Å². The van der Waals surface area contributed by atoms with Gasteiger partial charge >= 0.3 is 5.97 Å². The molecular formula is C8H12O4. The maximum Gasteiger partial charge on any atom is 0.345 e. The summed E-state index contributed by atoms with van der Waals surface area (Å²) < 4.78 is 4.35. The highest BCUT2D eigenvalue weighted by atomic mass is 16.5. The van der Waals surface area contributed by atoms with Gasteiger partial charge in [0.25, 0.3) is 0 Å². The van der Waals surface area contributed by atoms with Crippen LogP contribution < -0.4 is 0 Å². The van der Waals surface area contributed by atoms with Gasteiger partial charge in [-0.25, -0.2) is 4.79 Å². The largest absolute Gasteiger partial charge is 0.467 e. The smallest absolute Gasteiger partial charge is 0.345 e. The van der Waals surface area contributed by atoms with Gasteiger partial charge in [-0.2, -0.15) is 0 Å². The van der Waals surface area contributed by atoms with Gasteiger partial charge in [-0.3, -0.25) is 4.79 Å². The molecule has 0 radical (unpaired) electrons. The van der Waals surface area contributed by atoms with Crippen molar-refractivity contribution < 1.29 is 19.4 Å². The minimum absolute atomic E-state index is 0.0570. The minimum atomic E-state index is -1.87. The van der Waals surface area contributed by atoms with Crippen molar-refractivity contribution in [3.63, 3.8) is 0 Å². The van der Waals surface area contributed by atoms with Crippen LogP contribution in [0.25, 0.3) is 0 Å². The van der Waals surface area contributed by atoms with Crippen molar-refractivity contribution in [2.24, 2.45) is 5.92 Å². The Hall–Kier alpha value is -0.900. The first-order valence-corrected chi connectivity index (χ1v) is 3.85. The summed E-state index contributed by atoms with van der Waals surface area (Å²) in [6, 6.07) is 0. The Labute approximate surface area is 70.5 Å². The molecule has 1 N–H and O–H groups in total. The SMILES string of the molecule is COC(=O)C1(O)C[C@@H](C)CC1=O. The number of hydrogen-bond donors (Lipinski definition) is 1. The fourth-order valence-corrected chi connectivity index (χ4v) is 1.54. The zero-order chi connectivity index (χ0) is 9.35. The van der Waals surface area contributed by atoms with Gasteiger partial charge in [-0.1, -0.05) is 6.92 Å². The monoisotopic (exact) mass is 172 g/mol. The van der Waals surface area contributed by atoms with Gasteiger partial charge in [-0.15, -0.1) is 0 Å². The molecule has 0 aromatic rings. The number of aliphatic hydroxyl groups is 1. The van der Waals surface area contributed by atoms with Gasteiger partial charge in [0.15, 0.2) is 5.78 Å². The molecule has 0 aliphatic heterocycles. The zero-order valence-corrected chi connectivity index (χ0v) is 7.16. The third-order valence-corrected chi connectivity index (χ3v) is 2.16. The van der Waals surface area contributed by atoms with Crippen LogP contribution in [-0.4, -0.2) is 29.6 Å². The number of ketones is 1. The second-order valence-electron chi connectivity index (χ2n) is 3.29. The molecule has 4 heteroatoms. The van der Waals surface area contributed by atoms with Crippen LogP contribution in [0.15, 0.2) is 0 Å². The van der Waals surface area contributed by atoms with Crippen molar-refractivity contribution in [2.75, 3.05) is 7.11 Å². The molecule has 1 aliphatic rings. The number of ether oxygens (including phenoxy) is 1. The predicted octanol–water partition coefficient (Wildman–Crippen LogP) is -0.111. The van der Waals surface area contributed by atoms with Crippen molar-refractivity contribution >= 4 is 11.8 Å². The lowest BCUT2D eigenvalue weighted by Crippen LogP contribution is -2.43. The van der Waals surface area contributed by atoms with Gasteiger partial charge in [0.05, 0.1) is 7.11 Å². The molecule has 0 spiro atoms. The molecule has 0 saturated heterocycles. The van der Waals surface area contributed by atoms with E-state index in [0.29, 0.717) is 0 Å². The zero-order valence-electron chi connectivity index (χ0n) is 7.16. The number of esters is 1. The molecule has 0 aromatic heterocycles. The summed E-state index contributed by atoms with van der Waals surface area (Å²) in [5, 5.41) is 9.57. The fraction of sp³-hybridized carbons (Fsp3) is 0.750. The fourth-order valence-electron chi connectivity index (χ4n) is 1.54. The standard InChI is InChI=1S/C8H12O4/c1-5-3-6(9)8(11,4-5)7(10)12-2/h5,11H,3-4H2,1-2H3/t5-,8?/m0/s1. The van der Waals surface area contributed by atoms with Gasteiger partial charge in [0.1, 0.15) is 0 Å². The van der Waals surface area contributed by atoms with E-state index < -0.39 is 17.4 Å². The summed E-state index contributed by atoms with van der Waals surface area (Å²) in [7, 11) is 1.16. The minimum Gasteiger partial charge on any atom is -0.467 e. The van der Waals surface area contributed by atoms with E-state index in [4.69, 9.17) is 0 Å². The Bertz CT molecular complexity index is 213. The van der Waals surface area contributed by atoms with Crippen LogP contribution in [-0.2, 0) is 14.3 Å². The molecule has 2 atom stereocenters. The van der Waals surface area contributed by atoms with Gasteiger partial charge in [0.2, 0.25) is 5.60 Å². The lowest BCUT2D eigenvalue weighted by atomic mass is 10.0. The van der Waals surface area contributed by atoms with Crippen LogP contribution in [0.1, 0.15) is 19.8 Å². The van der Waals surface area contributed by atoms with Crippen LogP contribution in [0, 0.1) is 5.92 Å². The molecular weight excluding hydrogens is 160 g/mol. The highest BCUT2D eigenvalue weighted by molar-refractivity contribution is 6.08. The Morgan fingerprint density at radius 3 is 2.67 bits per heavy atom. The van der Waals surface area contributed by atoms with E-state index in [2.05, 4.69) is 4.74 Å². The van der Waals surface area contributed by atoms with E-state index in [1.807, 2.05) is 6.92 Å². The third kappa shape index (κ3) is 1.22. The molecule has 1 unspecified atom stereocenters. The number of rotatable bonds is 1. The summed E-state index contributed by atoms with van der Waals surface area (Å²) in [5.41, 5.74) is -1.87. The molecule has 12 heavy (non-hydrogen) atoms. The second kappa shape index (κ2) is 2.86. The van der Waals surface area contributed by atoms with Crippen LogP contribution in [0.3, 0.4) is 0 Å². The summed E-state index contributed by atoms with van der Waals surface area (Å²) in [5.74, 6) is -1.21. The highest BCUT2D eigenvalue weighted by Crippen LogP contribution is 2.31. The first kappa shape index (κ1) is 9.19. The van der Waals surface area contributed by atoms with Crippen LogP contribution in [0.2, 0.25) is 0 Å². The maximum absolute atomic E-state index is 11.2. The first-order valence-electron chi connectivity index (χ1n) is 3.85. The van der Waals surface area contributed by atoms with Crippen molar-refractivity contribution in [3.8, 4) is 0 Å². The molecule has 1 rings (SSSR count). The molecule has 1 fully saturated rings. The van der Waals surface area contributed by atoms with E-state index in [1.54, 1.807) is 0 Å². The van der Waals surface area contributed by atoms with Crippen LogP contribution >= 0.6 is 0 Å². The number of hydrogen-bond acceptors (Lipinski definition) is 4. The summed E-state index contributed by atoms with van der Waals surface area (Å²) in [6.45, 7) is 1.82. The number of methoxy groups -OCH3 is 1. The molecule has 0 bridgehead atoms.